The van der Waals surface area contributed by atoms with Crippen LogP contribution in [0.1, 0.15) is 65.3 Å². The normalized spacial score (nSPS) is 17.6. The van der Waals surface area contributed by atoms with E-state index >= 15 is 0 Å². The molecule has 7 nitrogen and oxygen atoms in total. The van der Waals surface area contributed by atoms with Crippen molar-refractivity contribution in [1.29, 1.82) is 0 Å². The fourth-order valence-corrected chi connectivity index (χ4v) is 3.67. The summed E-state index contributed by atoms with van der Waals surface area (Å²) >= 11 is 0. The summed E-state index contributed by atoms with van der Waals surface area (Å²) in [5.74, 6) is 0.257. The SMILES string of the molecule is CCc1cc(C(=O)N2CCC[C@H](c3cc(C(F)F)c4c(C)noc4n3)C2)no1. The van der Waals surface area contributed by atoms with Crippen LogP contribution >= 0.6 is 0 Å². The van der Waals surface area contributed by atoms with E-state index < -0.39 is 6.43 Å². The number of aryl methyl sites for hydroxylation is 2. The summed E-state index contributed by atoms with van der Waals surface area (Å²) in [6, 6.07) is 3.06. The highest BCUT2D eigenvalue weighted by molar-refractivity contribution is 5.92. The largest absolute Gasteiger partial charge is 0.361 e. The summed E-state index contributed by atoms with van der Waals surface area (Å²) in [5, 5.41) is 7.86. The van der Waals surface area contributed by atoms with Gasteiger partial charge in [-0.25, -0.2) is 13.8 Å². The van der Waals surface area contributed by atoms with Gasteiger partial charge in [0, 0.05) is 42.8 Å². The van der Waals surface area contributed by atoms with Gasteiger partial charge < -0.3 is 13.9 Å². The smallest absolute Gasteiger partial charge is 0.276 e. The van der Waals surface area contributed by atoms with Gasteiger partial charge >= 0.3 is 0 Å². The first-order valence-electron chi connectivity index (χ1n) is 9.27. The Labute approximate surface area is 159 Å². The van der Waals surface area contributed by atoms with Crippen molar-refractivity contribution in [2.45, 2.75) is 45.5 Å². The molecule has 0 N–H and O–H groups in total. The number of amides is 1. The predicted octanol–water partition coefficient (Wildman–Crippen LogP) is 4.04. The lowest BCUT2D eigenvalue weighted by molar-refractivity contribution is 0.0695. The maximum absolute atomic E-state index is 13.6. The fraction of sp³-hybridized carbons (Fsp3) is 0.474. The lowest BCUT2D eigenvalue weighted by Crippen LogP contribution is -2.39. The minimum absolute atomic E-state index is 0.109. The van der Waals surface area contributed by atoms with Crippen LogP contribution in [0.15, 0.2) is 21.2 Å². The van der Waals surface area contributed by atoms with E-state index in [2.05, 4.69) is 15.3 Å². The first kappa shape index (κ1) is 18.5. The second kappa shape index (κ2) is 7.29. The molecule has 0 aromatic carbocycles. The molecule has 0 unspecified atom stereocenters. The Hall–Kier alpha value is -2.84. The van der Waals surface area contributed by atoms with Crippen LogP contribution in [-0.4, -0.2) is 39.2 Å². The Kier molecular flexibility index (Phi) is 4.82. The molecule has 1 amide bonds. The molecule has 148 valence electrons. The standard InChI is InChI=1S/C19H20F2N4O3/c1-3-12-7-15(24-27-12)19(26)25-6-4-5-11(9-25)14-8-13(17(20)21)16-10(2)23-28-18(16)22-14/h7-8,11,17H,3-6,9H2,1-2H3/t11-/m0/s1. The van der Waals surface area contributed by atoms with Crippen molar-refractivity contribution in [3.8, 4) is 0 Å². The number of fused-ring (bicyclic) bond motifs is 1. The number of alkyl halides is 2. The van der Waals surface area contributed by atoms with E-state index in [0.717, 1.165) is 12.8 Å². The average Bonchev–Trinajstić information content (AvgIpc) is 3.34. The Bertz CT molecular complexity index is 1010. The van der Waals surface area contributed by atoms with Crippen LogP contribution in [0.2, 0.25) is 0 Å². The lowest BCUT2D eigenvalue weighted by Gasteiger charge is -2.32. The average molecular weight is 390 g/mol. The van der Waals surface area contributed by atoms with Crippen LogP contribution in [0.4, 0.5) is 8.78 Å². The third-order valence-electron chi connectivity index (χ3n) is 5.16. The molecule has 1 saturated heterocycles. The molecular formula is C19H20F2N4O3. The number of rotatable bonds is 4. The molecule has 0 aliphatic carbocycles. The molecule has 3 aromatic rings. The first-order chi connectivity index (χ1) is 13.5. The molecule has 3 aromatic heterocycles. The molecule has 0 saturated carbocycles. The second-order valence-corrected chi connectivity index (χ2v) is 7.01. The van der Waals surface area contributed by atoms with E-state index in [1.54, 1.807) is 17.9 Å². The molecule has 1 aliphatic rings. The number of hydrogen-bond donors (Lipinski definition) is 0. The zero-order valence-electron chi connectivity index (χ0n) is 15.6. The number of halogens is 2. The minimum atomic E-state index is -2.66. The van der Waals surface area contributed by atoms with Crippen LogP contribution in [0.3, 0.4) is 0 Å². The molecule has 1 aliphatic heterocycles. The molecule has 0 radical (unpaired) electrons. The van der Waals surface area contributed by atoms with Gasteiger partial charge in [-0.05, 0) is 25.8 Å². The second-order valence-electron chi connectivity index (χ2n) is 7.01. The van der Waals surface area contributed by atoms with Crippen LogP contribution in [0.5, 0.6) is 0 Å². The van der Waals surface area contributed by atoms with E-state index in [1.807, 2.05) is 6.92 Å². The summed E-state index contributed by atoms with van der Waals surface area (Å²) < 4.78 is 37.4. The number of carbonyl (C=O) groups is 1. The number of nitrogens with zero attached hydrogens (tertiary/aromatic N) is 4. The third kappa shape index (κ3) is 3.25. The van der Waals surface area contributed by atoms with Gasteiger partial charge in [0.25, 0.3) is 18.0 Å². The zero-order valence-corrected chi connectivity index (χ0v) is 15.6. The van der Waals surface area contributed by atoms with Gasteiger partial charge in [-0.3, -0.25) is 4.79 Å². The first-order valence-corrected chi connectivity index (χ1v) is 9.27. The van der Waals surface area contributed by atoms with E-state index in [0.29, 0.717) is 36.7 Å². The molecule has 0 bridgehead atoms. The van der Waals surface area contributed by atoms with Crippen LogP contribution in [0.25, 0.3) is 11.1 Å². The van der Waals surface area contributed by atoms with Crippen molar-refractivity contribution in [2.24, 2.45) is 0 Å². The van der Waals surface area contributed by atoms with Crippen LogP contribution in [0, 0.1) is 6.92 Å². The van der Waals surface area contributed by atoms with Crippen molar-refractivity contribution < 1.29 is 22.6 Å². The van der Waals surface area contributed by atoms with Crippen LogP contribution in [-0.2, 0) is 6.42 Å². The van der Waals surface area contributed by atoms with Gasteiger partial charge in [0.1, 0.15) is 5.76 Å². The summed E-state index contributed by atoms with van der Waals surface area (Å²) in [5.41, 5.74) is 1.12. The summed E-state index contributed by atoms with van der Waals surface area (Å²) in [6.07, 6.45) is -0.517. The zero-order chi connectivity index (χ0) is 19.8. The summed E-state index contributed by atoms with van der Waals surface area (Å²) in [4.78, 5) is 18.8. The number of hydrogen-bond acceptors (Lipinski definition) is 6. The Morgan fingerprint density at radius 1 is 1.32 bits per heavy atom. The maximum Gasteiger partial charge on any atom is 0.276 e. The number of likely N-dealkylation sites (tertiary alicyclic amines) is 1. The van der Waals surface area contributed by atoms with Gasteiger partial charge in [-0.15, -0.1) is 0 Å². The number of pyridine rings is 1. The molecule has 1 atom stereocenters. The number of aromatic nitrogens is 3. The molecule has 4 heterocycles. The Balaban J connectivity index is 1.61. The van der Waals surface area contributed by atoms with E-state index in [9.17, 15) is 13.6 Å². The van der Waals surface area contributed by atoms with E-state index in [4.69, 9.17) is 9.05 Å². The third-order valence-corrected chi connectivity index (χ3v) is 5.16. The van der Waals surface area contributed by atoms with Crippen molar-refractivity contribution in [1.82, 2.24) is 20.2 Å². The number of piperidine rings is 1. The van der Waals surface area contributed by atoms with Gasteiger partial charge in [0.05, 0.1) is 11.1 Å². The van der Waals surface area contributed by atoms with Gasteiger partial charge in [0.2, 0.25) is 0 Å². The quantitative estimate of drug-likeness (QED) is 0.668. The lowest BCUT2D eigenvalue weighted by atomic mass is 9.92. The molecule has 28 heavy (non-hydrogen) atoms. The minimum Gasteiger partial charge on any atom is -0.361 e. The number of carbonyl (C=O) groups excluding carboxylic acids is 1. The highest BCUT2D eigenvalue weighted by Crippen LogP contribution is 2.34. The summed E-state index contributed by atoms with van der Waals surface area (Å²) in [6.45, 7) is 4.48. The topological polar surface area (TPSA) is 85.3 Å². The molecule has 0 spiro atoms. The van der Waals surface area contributed by atoms with Crippen molar-refractivity contribution in [3.63, 3.8) is 0 Å². The Morgan fingerprint density at radius 3 is 2.86 bits per heavy atom. The molecule has 9 heteroatoms. The highest BCUT2D eigenvalue weighted by atomic mass is 19.3. The van der Waals surface area contributed by atoms with Gasteiger partial charge in [-0.1, -0.05) is 17.2 Å². The monoisotopic (exact) mass is 390 g/mol. The van der Waals surface area contributed by atoms with Crippen molar-refractivity contribution >= 4 is 17.0 Å². The molecule has 4 rings (SSSR count). The van der Waals surface area contributed by atoms with Gasteiger partial charge in [0.15, 0.2) is 5.69 Å². The molecule has 1 fully saturated rings. The van der Waals surface area contributed by atoms with Crippen molar-refractivity contribution in [2.75, 3.05) is 13.1 Å². The Morgan fingerprint density at radius 2 is 2.14 bits per heavy atom. The predicted molar refractivity (Wildman–Crippen MR) is 95.3 cm³/mol. The highest BCUT2D eigenvalue weighted by Gasteiger charge is 2.30. The van der Waals surface area contributed by atoms with Gasteiger partial charge in [-0.2, -0.15) is 0 Å². The molecular weight excluding hydrogens is 370 g/mol. The van der Waals surface area contributed by atoms with E-state index in [-0.39, 0.29) is 34.2 Å². The fourth-order valence-electron chi connectivity index (χ4n) is 3.67. The van der Waals surface area contributed by atoms with Crippen molar-refractivity contribution in [3.05, 3.63) is 40.5 Å². The summed E-state index contributed by atoms with van der Waals surface area (Å²) in [7, 11) is 0. The van der Waals surface area contributed by atoms with Crippen LogP contribution < -0.4 is 0 Å². The maximum atomic E-state index is 13.6. The van der Waals surface area contributed by atoms with E-state index in [1.165, 1.54) is 6.07 Å².